The molecular formula is C8H10ClN3OS. The summed E-state index contributed by atoms with van der Waals surface area (Å²) in [6.45, 7) is 0.739. The van der Waals surface area contributed by atoms with E-state index in [1.807, 2.05) is 0 Å². The molecule has 76 valence electrons. The first kappa shape index (κ1) is 9.73. The number of nitrogens with zero attached hydrogens (tertiary/aromatic N) is 2. The quantitative estimate of drug-likeness (QED) is 0.790. The third-order valence-corrected chi connectivity index (χ3v) is 3.77. The Morgan fingerprint density at radius 3 is 3.00 bits per heavy atom. The summed E-state index contributed by atoms with van der Waals surface area (Å²) in [7, 11) is -0.983. The summed E-state index contributed by atoms with van der Waals surface area (Å²) in [6.07, 6.45) is 2.44. The van der Waals surface area contributed by atoms with Crippen LogP contribution in [0.1, 0.15) is 6.42 Å². The number of halogens is 1. The summed E-state index contributed by atoms with van der Waals surface area (Å²) in [5.41, 5.74) is 6.04. The van der Waals surface area contributed by atoms with Crippen LogP contribution in [0.2, 0.25) is 5.02 Å². The predicted molar refractivity (Wildman–Crippen MR) is 58.6 cm³/mol. The lowest BCUT2D eigenvalue weighted by atomic mass is 10.4. The van der Waals surface area contributed by atoms with E-state index in [0.29, 0.717) is 22.3 Å². The summed E-state index contributed by atoms with van der Waals surface area (Å²) in [6, 6.07) is 1.62. The Morgan fingerprint density at radius 1 is 1.64 bits per heavy atom. The highest BCUT2D eigenvalue weighted by atomic mass is 35.5. The van der Waals surface area contributed by atoms with Crippen LogP contribution in [0.15, 0.2) is 12.3 Å². The molecule has 2 rings (SSSR count). The largest absolute Gasteiger partial charge is 0.397 e. The molecule has 2 N–H and O–H groups in total. The van der Waals surface area contributed by atoms with Crippen LogP contribution in [-0.4, -0.2) is 21.5 Å². The first-order valence-electron chi connectivity index (χ1n) is 4.25. The van der Waals surface area contributed by atoms with Gasteiger partial charge in [0.2, 0.25) is 0 Å². The van der Waals surface area contributed by atoms with Crippen LogP contribution in [0.25, 0.3) is 0 Å². The van der Waals surface area contributed by atoms with Crippen molar-refractivity contribution in [2.24, 2.45) is 0 Å². The summed E-state index contributed by atoms with van der Waals surface area (Å²) in [4.78, 5) is 4.09. The molecule has 0 aliphatic carbocycles. The van der Waals surface area contributed by atoms with Gasteiger partial charge in [0.05, 0.1) is 16.9 Å². The topological polar surface area (TPSA) is 59.2 Å². The van der Waals surface area contributed by atoms with E-state index in [4.69, 9.17) is 17.3 Å². The molecule has 2 heterocycles. The molecule has 1 aromatic heterocycles. The molecule has 0 bridgehead atoms. The van der Waals surface area contributed by atoms with E-state index >= 15 is 0 Å². The molecule has 0 spiro atoms. The van der Waals surface area contributed by atoms with Gasteiger partial charge >= 0.3 is 0 Å². The minimum atomic E-state index is -0.983. The second-order valence-corrected chi connectivity index (χ2v) is 4.95. The molecule has 1 aromatic rings. The zero-order valence-electron chi connectivity index (χ0n) is 7.44. The maximum atomic E-state index is 11.5. The minimum Gasteiger partial charge on any atom is -0.397 e. The van der Waals surface area contributed by atoms with E-state index in [1.165, 1.54) is 6.20 Å². The number of rotatable bonds is 1. The van der Waals surface area contributed by atoms with Gasteiger partial charge in [-0.2, -0.15) is 0 Å². The Balaban J connectivity index is 2.36. The molecule has 4 nitrogen and oxygen atoms in total. The SMILES string of the molecule is Nc1cnc(N2CCCS2=O)c(Cl)c1. The predicted octanol–water partition coefficient (Wildman–Crippen LogP) is 1.19. The van der Waals surface area contributed by atoms with Crippen LogP contribution < -0.4 is 10.0 Å². The Labute approximate surface area is 89.7 Å². The van der Waals surface area contributed by atoms with Crippen molar-refractivity contribution in [2.75, 3.05) is 22.3 Å². The van der Waals surface area contributed by atoms with Gasteiger partial charge < -0.3 is 5.73 Å². The first-order valence-corrected chi connectivity index (χ1v) is 5.91. The lowest BCUT2D eigenvalue weighted by Gasteiger charge is -2.15. The van der Waals surface area contributed by atoms with E-state index in [9.17, 15) is 4.21 Å². The van der Waals surface area contributed by atoms with Gasteiger partial charge in [-0.15, -0.1) is 0 Å². The van der Waals surface area contributed by atoms with Crippen LogP contribution in [0, 0.1) is 0 Å². The molecule has 1 unspecified atom stereocenters. The average Bonchev–Trinajstić information content (AvgIpc) is 2.52. The van der Waals surface area contributed by atoms with Gasteiger partial charge in [-0.1, -0.05) is 11.6 Å². The van der Waals surface area contributed by atoms with Crippen LogP contribution in [0.5, 0.6) is 0 Å². The Bertz CT molecular complexity index is 385. The van der Waals surface area contributed by atoms with E-state index in [2.05, 4.69) is 4.98 Å². The number of hydrogen-bond acceptors (Lipinski definition) is 3. The van der Waals surface area contributed by atoms with Gasteiger partial charge in [-0.3, -0.25) is 4.31 Å². The molecule has 6 heteroatoms. The molecule has 1 aliphatic rings. The highest BCUT2D eigenvalue weighted by Crippen LogP contribution is 2.28. The van der Waals surface area contributed by atoms with Crippen LogP contribution >= 0.6 is 11.6 Å². The Kier molecular flexibility index (Phi) is 2.60. The third kappa shape index (κ3) is 1.69. The van der Waals surface area contributed by atoms with Crippen molar-refractivity contribution >= 4 is 34.1 Å². The molecule has 1 fully saturated rings. The van der Waals surface area contributed by atoms with Crippen molar-refractivity contribution in [3.63, 3.8) is 0 Å². The molecule has 1 atom stereocenters. The molecule has 0 radical (unpaired) electrons. The standard InChI is InChI=1S/C8H10ClN3OS/c9-7-4-6(10)5-11-8(7)12-2-1-3-14(12)13/h4-5H,1-3,10H2. The minimum absolute atomic E-state index is 0.459. The maximum absolute atomic E-state index is 11.5. The van der Waals surface area contributed by atoms with E-state index < -0.39 is 11.0 Å². The molecule has 1 saturated heterocycles. The van der Waals surface area contributed by atoms with Crippen LogP contribution in [0.3, 0.4) is 0 Å². The molecule has 0 aromatic carbocycles. The lowest BCUT2D eigenvalue weighted by Crippen LogP contribution is -2.21. The summed E-state index contributed by atoms with van der Waals surface area (Å²) in [5, 5.41) is 0.459. The number of anilines is 2. The fourth-order valence-corrected chi connectivity index (χ4v) is 2.97. The zero-order chi connectivity index (χ0) is 10.1. The van der Waals surface area contributed by atoms with Gasteiger partial charge in [0.25, 0.3) is 0 Å². The van der Waals surface area contributed by atoms with Crippen molar-refractivity contribution in [2.45, 2.75) is 6.42 Å². The fourth-order valence-electron chi connectivity index (χ4n) is 1.37. The molecule has 14 heavy (non-hydrogen) atoms. The average molecular weight is 232 g/mol. The molecule has 1 aliphatic heterocycles. The molecule has 0 amide bonds. The smallest absolute Gasteiger partial charge is 0.159 e. The van der Waals surface area contributed by atoms with Gasteiger partial charge in [-0.05, 0) is 12.5 Å². The van der Waals surface area contributed by atoms with Crippen LogP contribution in [-0.2, 0) is 11.0 Å². The number of pyridine rings is 1. The zero-order valence-corrected chi connectivity index (χ0v) is 9.01. The first-order chi connectivity index (χ1) is 6.68. The summed E-state index contributed by atoms with van der Waals surface area (Å²) >= 11 is 5.96. The van der Waals surface area contributed by atoms with Gasteiger partial charge in [-0.25, -0.2) is 9.19 Å². The maximum Gasteiger partial charge on any atom is 0.159 e. The van der Waals surface area contributed by atoms with Gasteiger partial charge in [0, 0.05) is 12.3 Å². The highest BCUT2D eigenvalue weighted by molar-refractivity contribution is 7.86. The second kappa shape index (κ2) is 3.74. The number of aromatic nitrogens is 1. The second-order valence-electron chi connectivity index (χ2n) is 3.06. The Hall–Kier alpha value is -0.810. The normalized spacial score (nSPS) is 21.5. The Morgan fingerprint density at radius 2 is 2.43 bits per heavy atom. The van der Waals surface area contributed by atoms with E-state index in [0.717, 1.165) is 13.0 Å². The summed E-state index contributed by atoms with van der Waals surface area (Å²) in [5.74, 6) is 1.25. The lowest BCUT2D eigenvalue weighted by molar-refractivity contribution is 0.685. The van der Waals surface area contributed by atoms with Crippen molar-refractivity contribution in [3.05, 3.63) is 17.3 Å². The van der Waals surface area contributed by atoms with Gasteiger partial charge in [0.15, 0.2) is 5.82 Å². The molecule has 0 saturated carbocycles. The number of nitrogen functional groups attached to an aromatic ring is 1. The highest BCUT2D eigenvalue weighted by Gasteiger charge is 2.23. The third-order valence-electron chi connectivity index (χ3n) is 2.01. The monoisotopic (exact) mass is 231 g/mol. The number of nitrogens with two attached hydrogens (primary N) is 1. The van der Waals surface area contributed by atoms with Crippen molar-refractivity contribution < 1.29 is 4.21 Å². The number of hydrogen-bond donors (Lipinski definition) is 1. The molecular weight excluding hydrogens is 222 g/mol. The van der Waals surface area contributed by atoms with Crippen molar-refractivity contribution in [1.29, 1.82) is 0 Å². The van der Waals surface area contributed by atoms with Crippen molar-refractivity contribution in [3.8, 4) is 0 Å². The van der Waals surface area contributed by atoms with Crippen LogP contribution in [0.4, 0.5) is 11.5 Å². The van der Waals surface area contributed by atoms with Crippen molar-refractivity contribution in [1.82, 2.24) is 4.98 Å². The van der Waals surface area contributed by atoms with Gasteiger partial charge in [0.1, 0.15) is 11.0 Å². The fraction of sp³-hybridized carbons (Fsp3) is 0.375. The summed E-state index contributed by atoms with van der Waals surface area (Å²) < 4.78 is 13.2. The van der Waals surface area contributed by atoms with E-state index in [-0.39, 0.29) is 0 Å². The van der Waals surface area contributed by atoms with E-state index in [1.54, 1.807) is 10.4 Å².